The molecule has 0 aliphatic carbocycles. The van der Waals surface area contributed by atoms with Crippen molar-refractivity contribution in [2.45, 2.75) is 39.2 Å². The second-order valence-electron chi connectivity index (χ2n) is 5.49. The highest BCUT2D eigenvalue weighted by atomic mass is 16.1. The van der Waals surface area contributed by atoms with Gasteiger partial charge in [-0.3, -0.25) is 9.78 Å². The summed E-state index contributed by atoms with van der Waals surface area (Å²) in [6.07, 6.45) is 8.04. The van der Waals surface area contributed by atoms with Gasteiger partial charge in [0.2, 0.25) is 0 Å². The Labute approximate surface area is 124 Å². The smallest absolute Gasteiger partial charge is 0.252 e. The highest BCUT2D eigenvalue weighted by Crippen LogP contribution is 2.14. The van der Waals surface area contributed by atoms with E-state index in [4.69, 9.17) is 0 Å². The Bertz CT molecular complexity index is 607. The first-order chi connectivity index (χ1) is 10.2. The lowest BCUT2D eigenvalue weighted by molar-refractivity contribution is 0.0953. The van der Waals surface area contributed by atoms with Gasteiger partial charge in [-0.2, -0.15) is 0 Å². The minimum absolute atomic E-state index is 0.0773. The van der Waals surface area contributed by atoms with E-state index in [2.05, 4.69) is 26.0 Å². The minimum atomic E-state index is -0.0773. The third kappa shape index (κ3) is 3.29. The van der Waals surface area contributed by atoms with Crippen LogP contribution >= 0.6 is 0 Å². The topological polar surface area (TPSA) is 59.8 Å². The number of aryl methyl sites for hydroxylation is 3. The molecule has 3 rings (SSSR count). The fourth-order valence-corrected chi connectivity index (χ4v) is 2.60. The zero-order valence-electron chi connectivity index (χ0n) is 12.3. The Morgan fingerprint density at radius 1 is 1.38 bits per heavy atom. The summed E-state index contributed by atoms with van der Waals surface area (Å²) in [5.74, 6) is 1.11. The Hall–Kier alpha value is -2.17. The van der Waals surface area contributed by atoms with Gasteiger partial charge in [-0.15, -0.1) is 0 Å². The van der Waals surface area contributed by atoms with Crippen molar-refractivity contribution in [1.82, 2.24) is 19.9 Å². The van der Waals surface area contributed by atoms with Crippen molar-refractivity contribution >= 4 is 5.91 Å². The minimum Gasteiger partial charge on any atom is -0.352 e. The fraction of sp³-hybridized carbons (Fsp3) is 0.438. The lowest BCUT2D eigenvalue weighted by atomic mass is 10.2. The van der Waals surface area contributed by atoms with Crippen molar-refractivity contribution in [3.05, 3.63) is 47.3 Å². The Kier molecular flexibility index (Phi) is 3.99. The zero-order valence-corrected chi connectivity index (χ0v) is 12.3. The average Bonchev–Trinajstić information content (AvgIpc) is 2.90. The molecule has 2 aromatic heterocycles. The van der Waals surface area contributed by atoms with E-state index in [1.165, 1.54) is 18.7 Å². The Balaban J connectivity index is 1.52. The van der Waals surface area contributed by atoms with Gasteiger partial charge in [0.1, 0.15) is 5.82 Å². The SMILES string of the molecule is Cc1ccc(C(=O)NCCc2cn3c(n2)CCCC3)cn1. The molecule has 5 nitrogen and oxygen atoms in total. The highest BCUT2D eigenvalue weighted by Gasteiger charge is 2.12. The first-order valence-electron chi connectivity index (χ1n) is 7.48. The molecule has 0 saturated carbocycles. The summed E-state index contributed by atoms with van der Waals surface area (Å²) in [4.78, 5) is 20.7. The molecule has 0 fully saturated rings. The second kappa shape index (κ2) is 6.08. The van der Waals surface area contributed by atoms with Crippen LogP contribution in [0, 0.1) is 6.92 Å². The van der Waals surface area contributed by atoms with Crippen molar-refractivity contribution in [3.63, 3.8) is 0 Å². The van der Waals surface area contributed by atoms with Crippen LogP contribution in [-0.2, 0) is 19.4 Å². The molecule has 0 bridgehead atoms. The first-order valence-corrected chi connectivity index (χ1v) is 7.48. The molecule has 0 radical (unpaired) electrons. The van der Waals surface area contributed by atoms with Crippen LogP contribution in [0.2, 0.25) is 0 Å². The van der Waals surface area contributed by atoms with E-state index >= 15 is 0 Å². The molecule has 0 spiro atoms. The average molecular weight is 284 g/mol. The number of fused-ring (bicyclic) bond motifs is 1. The van der Waals surface area contributed by atoms with Gasteiger partial charge in [0, 0.05) is 44.0 Å². The molecular weight excluding hydrogens is 264 g/mol. The molecule has 110 valence electrons. The number of imidazole rings is 1. The number of aromatic nitrogens is 3. The normalized spacial score (nSPS) is 13.8. The lowest BCUT2D eigenvalue weighted by Gasteiger charge is -2.11. The molecule has 2 aromatic rings. The molecule has 1 aliphatic heterocycles. The van der Waals surface area contributed by atoms with Crippen LogP contribution in [-0.4, -0.2) is 27.0 Å². The van der Waals surface area contributed by atoms with Crippen molar-refractivity contribution in [1.29, 1.82) is 0 Å². The third-order valence-corrected chi connectivity index (χ3v) is 3.80. The fourth-order valence-electron chi connectivity index (χ4n) is 2.60. The van der Waals surface area contributed by atoms with Crippen LogP contribution in [0.4, 0.5) is 0 Å². The highest BCUT2D eigenvalue weighted by molar-refractivity contribution is 5.93. The van der Waals surface area contributed by atoms with Crippen molar-refractivity contribution in [3.8, 4) is 0 Å². The first kappa shape index (κ1) is 13.8. The standard InChI is InChI=1S/C16H20N4O/c1-12-5-6-13(10-18-12)16(21)17-8-7-14-11-20-9-3-2-4-15(20)19-14/h5-6,10-11H,2-4,7-9H2,1H3,(H,17,21). The Morgan fingerprint density at radius 3 is 3.05 bits per heavy atom. The van der Waals surface area contributed by atoms with Crippen molar-refractivity contribution < 1.29 is 4.79 Å². The second-order valence-corrected chi connectivity index (χ2v) is 5.49. The maximum Gasteiger partial charge on any atom is 0.252 e. The summed E-state index contributed by atoms with van der Waals surface area (Å²) in [7, 11) is 0. The summed E-state index contributed by atoms with van der Waals surface area (Å²) >= 11 is 0. The van der Waals surface area contributed by atoms with Crippen LogP contribution in [0.25, 0.3) is 0 Å². The predicted molar refractivity (Wildman–Crippen MR) is 80.2 cm³/mol. The largest absolute Gasteiger partial charge is 0.352 e. The van der Waals surface area contributed by atoms with Gasteiger partial charge in [0.05, 0.1) is 11.3 Å². The summed E-state index contributed by atoms with van der Waals surface area (Å²) in [6.45, 7) is 3.58. The van der Waals surface area contributed by atoms with Gasteiger partial charge >= 0.3 is 0 Å². The molecule has 21 heavy (non-hydrogen) atoms. The Morgan fingerprint density at radius 2 is 2.29 bits per heavy atom. The molecule has 0 aromatic carbocycles. The van der Waals surface area contributed by atoms with Crippen LogP contribution < -0.4 is 5.32 Å². The number of carbonyl (C=O) groups excluding carboxylic acids is 1. The molecule has 5 heteroatoms. The number of rotatable bonds is 4. The lowest BCUT2D eigenvalue weighted by Crippen LogP contribution is -2.25. The van der Waals surface area contributed by atoms with Gasteiger partial charge in [-0.05, 0) is 31.9 Å². The zero-order chi connectivity index (χ0) is 14.7. The van der Waals surface area contributed by atoms with Gasteiger partial charge in [0.25, 0.3) is 5.91 Å². The van der Waals surface area contributed by atoms with E-state index in [9.17, 15) is 4.79 Å². The third-order valence-electron chi connectivity index (χ3n) is 3.80. The van der Waals surface area contributed by atoms with E-state index in [-0.39, 0.29) is 5.91 Å². The maximum absolute atomic E-state index is 12.0. The molecule has 0 saturated heterocycles. The van der Waals surface area contributed by atoms with Gasteiger partial charge < -0.3 is 9.88 Å². The monoisotopic (exact) mass is 284 g/mol. The summed E-state index contributed by atoms with van der Waals surface area (Å²) in [5, 5.41) is 2.92. The van der Waals surface area contributed by atoms with E-state index in [1.54, 1.807) is 12.3 Å². The number of hydrogen-bond acceptors (Lipinski definition) is 3. The van der Waals surface area contributed by atoms with E-state index in [0.29, 0.717) is 12.1 Å². The summed E-state index contributed by atoms with van der Waals surface area (Å²) in [6, 6.07) is 3.64. The summed E-state index contributed by atoms with van der Waals surface area (Å²) < 4.78 is 2.24. The molecule has 0 unspecified atom stereocenters. The number of nitrogens with zero attached hydrogens (tertiary/aromatic N) is 3. The number of pyridine rings is 1. The maximum atomic E-state index is 12.0. The quantitative estimate of drug-likeness (QED) is 0.932. The number of hydrogen-bond donors (Lipinski definition) is 1. The van der Waals surface area contributed by atoms with E-state index in [1.807, 2.05) is 13.0 Å². The number of amides is 1. The van der Waals surface area contributed by atoms with E-state index in [0.717, 1.165) is 30.8 Å². The van der Waals surface area contributed by atoms with Crippen molar-refractivity contribution in [2.24, 2.45) is 0 Å². The van der Waals surface area contributed by atoms with Gasteiger partial charge in [-0.1, -0.05) is 0 Å². The molecule has 1 amide bonds. The predicted octanol–water partition coefficient (Wildman–Crippen LogP) is 1.90. The van der Waals surface area contributed by atoms with Crippen LogP contribution in [0.5, 0.6) is 0 Å². The molecule has 0 atom stereocenters. The molecule has 1 N–H and O–H groups in total. The van der Waals surface area contributed by atoms with Gasteiger partial charge in [-0.25, -0.2) is 4.98 Å². The molecule has 1 aliphatic rings. The van der Waals surface area contributed by atoms with Crippen LogP contribution in [0.1, 0.15) is 40.4 Å². The van der Waals surface area contributed by atoms with Crippen LogP contribution in [0.15, 0.2) is 24.5 Å². The van der Waals surface area contributed by atoms with Crippen LogP contribution in [0.3, 0.4) is 0 Å². The van der Waals surface area contributed by atoms with Gasteiger partial charge in [0.15, 0.2) is 0 Å². The van der Waals surface area contributed by atoms with Crippen molar-refractivity contribution in [2.75, 3.05) is 6.54 Å². The number of carbonyl (C=O) groups is 1. The summed E-state index contributed by atoms with van der Waals surface area (Å²) in [5.41, 5.74) is 2.58. The molecule has 3 heterocycles. The molecular formula is C16H20N4O. The number of nitrogens with one attached hydrogen (secondary N) is 1. The van der Waals surface area contributed by atoms with E-state index < -0.39 is 0 Å².